The van der Waals surface area contributed by atoms with E-state index in [0.717, 1.165) is 61.0 Å². The van der Waals surface area contributed by atoms with Crippen molar-refractivity contribution >= 4 is 59.0 Å². The van der Waals surface area contributed by atoms with Crippen molar-refractivity contribution in [2.75, 3.05) is 0 Å². The Hall–Kier alpha value is -5.65. The molecule has 0 aliphatic rings. The first-order chi connectivity index (χ1) is 22.2. The lowest BCUT2D eigenvalue weighted by atomic mass is 9.99. The lowest BCUT2D eigenvalue weighted by molar-refractivity contribution is 1.17. The minimum atomic E-state index is 0.972. The summed E-state index contributed by atoms with van der Waals surface area (Å²) in [5.41, 5.74) is 10.7. The topological polar surface area (TPSA) is 43.6 Å². The van der Waals surface area contributed by atoms with Gasteiger partial charge in [0.1, 0.15) is 0 Å². The molecule has 0 spiro atoms. The molecule has 45 heavy (non-hydrogen) atoms. The van der Waals surface area contributed by atoms with Gasteiger partial charge in [-0.2, -0.15) is 0 Å². The molecule has 0 aliphatic heterocycles. The molecule has 5 aromatic heterocycles. The number of thiophene rings is 1. The minimum absolute atomic E-state index is 0.972. The van der Waals surface area contributed by atoms with E-state index in [-0.39, 0.29) is 0 Å². The molecule has 0 saturated heterocycles. The summed E-state index contributed by atoms with van der Waals surface area (Å²) in [5, 5.41) is 3.67. The summed E-state index contributed by atoms with van der Waals surface area (Å²) in [6, 6.07) is 30.6. The van der Waals surface area contributed by atoms with Gasteiger partial charge < -0.3 is 4.57 Å². The zero-order valence-corrected chi connectivity index (χ0v) is 25.5. The number of pyridine rings is 3. The van der Waals surface area contributed by atoms with Crippen molar-refractivity contribution in [2.24, 2.45) is 0 Å². The predicted octanol–water partition coefficient (Wildman–Crippen LogP) is 10.8. The number of rotatable bonds is 6. The van der Waals surface area contributed by atoms with E-state index in [1.807, 2.05) is 67.5 Å². The van der Waals surface area contributed by atoms with Gasteiger partial charge in [-0.15, -0.1) is 11.3 Å². The number of fused-ring (bicyclic) bond motifs is 6. The summed E-state index contributed by atoms with van der Waals surface area (Å²) < 4.78 is 4.92. The largest absolute Gasteiger partial charge is 0.308 e. The zero-order chi connectivity index (χ0) is 30.3. The summed E-state index contributed by atoms with van der Waals surface area (Å²) in [4.78, 5) is 13.7. The number of aromatic nitrogens is 4. The van der Waals surface area contributed by atoms with E-state index in [0.29, 0.717) is 0 Å². The van der Waals surface area contributed by atoms with Crippen molar-refractivity contribution in [1.29, 1.82) is 0 Å². The molecule has 214 valence electrons. The normalized spacial score (nSPS) is 12.2. The van der Waals surface area contributed by atoms with E-state index in [1.165, 1.54) is 20.2 Å². The van der Waals surface area contributed by atoms with E-state index >= 15 is 0 Å². The predicted molar refractivity (Wildman–Crippen MR) is 191 cm³/mol. The maximum Gasteiger partial charge on any atom is 0.0964 e. The summed E-state index contributed by atoms with van der Waals surface area (Å²) in [7, 11) is 0. The summed E-state index contributed by atoms with van der Waals surface area (Å²) >= 11 is 1.83. The fourth-order valence-electron chi connectivity index (χ4n) is 6.18. The second-order valence-electron chi connectivity index (χ2n) is 11.0. The van der Waals surface area contributed by atoms with Crippen LogP contribution in [0.4, 0.5) is 0 Å². The van der Waals surface area contributed by atoms with Crippen LogP contribution in [0.3, 0.4) is 0 Å². The van der Waals surface area contributed by atoms with E-state index < -0.39 is 0 Å². The quantitative estimate of drug-likeness (QED) is 0.179. The number of hydrogen-bond acceptors (Lipinski definition) is 4. The maximum absolute atomic E-state index is 5.12. The highest BCUT2D eigenvalue weighted by molar-refractivity contribution is 7.25. The van der Waals surface area contributed by atoms with Crippen LogP contribution in [0.15, 0.2) is 147 Å². The molecular weight excluding hydrogens is 569 g/mol. The highest BCUT2D eigenvalue weighted by Gasteiger charge is 2.19. The summed E-state index contributed by atoms with van der Waals surface area (Å²) in [5.74, 6) is 0. The average Bonchev–Trinajstić information content (AvgIpc) is 3.62. The highest BCUT2D eigenvalue weighted by Crippen LogP contribution is 2.41. The van der Waals surface area contributed by atoms with Gasteiger partial charge in [0, 0.05) is 67.8 Å². The Kier molecular flexibility index (Phi) is 6.66. The molecule has 0 aliphatic carbocycles. The van der Waals surface area contributed by atoms with Gasteiger partial charge in [-0.05, 0) is 101 Å². The van der Waals surface area contributed by atoms with Crippen molar-refractivity contribution in [2.45, 2.75) is 6.92 Å². The number of allylic oxidation sites excluding steroid dienone is 5. The summed E-state index contributed by atoms with van der Waals surface area (Å²) in [6.07, 6.45) is 17.4. The van der Waals surface area contributed by atoms with Crippen LogP contribution in [-0.4, -0.2) is 19.5 Å². The van der Waals surface area contributed by atoms with Crippen LogP contribution in [0, 0.1) is 0 Å². The van der Waals surface area contributed by atoms with Crippen molar-refractivity contribution < 1.29 is 0 Å². The standard InChI is InChI=1S/C40H28N4S/c1-3-5-8-26(4-2)31-22-37-40(43-25-31)35-23-34-33-9-6-7-10-38(33)45-39(34)24-36(35)44(37)32-20-29(27-11-15-41-16-12-27)19-30(21-32)28-13-17-42-18-14-28/h3-25H,2H2,1H3/b5-3-,26-8+. The van der Waals surface area contributed by atoms with Crippen LogP contribution < -0.4 is 0 Å². The van der Waals surface area contributed by atoms with Crippen LogP contribution in [0.2, 0.25) is 0 Å². The molecule has 8 rings (SSSR count). The molecule has 0 bridgehead atoms. The van der Waals surface area contributed by atoms with Crippen molar-refractivity contribution in [3.05, 3.63) is 152 Å². The fraction of sp³-hybridized carbons (Fsp3) is 0.0250. The second kappa shape index (κ2) is 11.1. The molecule has 3 aromatic carbocycles. The van der Waals surface area contributed by atoms with Crippen molar-refractivity contribution in [1.82, 2.24) is 19.5 Å². The molecule has 0 fully saturated rings. The lowest BCUT2D eigenvalue weighted by Gasteiger charge is -2.14. The van der Waals surface area contributed by atoms with Gasteiger partial charge in [0.05, 0.1) is 16.6 Å². The average molecular weight is 597 g/mol. The van der Waals surface area contributed by atoms with Gasteiger partial charge in [-0.1, -0.05) is 49.1 Å². The van der Waals surface area contributed by atoms with Crippen molar-refractivity contribution in [3.8, 4) is 27.9 Å². The Bertz CT molecular complexity index is 2390. The SMILES string of the molecule is C=C/C(=C\C=C/C)c1cnc2c3cc4c(cc3n(-c3cc(-c5ccncc5)cc(-c5ccncc5)c3)c2c1)sc1ccccc14. The molecule has 0 N–H and O–H groups in total. The molecule has 0 unspecified atom stereocenters. The number of nitrogens with zero attached hydrogens (tertiary/aromatic N) is 4. The monoisotopic (exact) mass is 596 g/mol. The Morgan fingerprint density at radius 3 is 2.11 bits per heavy atom. The van der Waals surface area contributed by atoms with Crippen LogP contribution in [-0.2, 0) is 0 Å². The van der Waals surface area contributed by atoms with Gasteiger partial charge in [-0.3, -0.25) is 15.0 Å². The smallest absolute Gasteiger partial charge is 0.0964 e. The van der Waals surface area contributed by atoms with Gasteiger partial charge in [0.25, 0.3) is 0 Å². The third-order valence-corrected chi connectivity index (χ3v) is 9.46. The summed E-state index contributed by atoms with van der Waals surface area (Å²) in [6.45, 7) is 6.11. The fourth-order valence-corrected chi connectivity index (χ4v) is 7.30. The van der Waals surface area contributed by atoms with E-state index in [9.17, 15) is 0 Å². The van der Waals surface area contributed by atoms with Crippen LogP contribution in [0.1, 0.15) is 12.5 Å². The third kappa shape index (κ3) is 4.65. The van der Waals surface area contributed by atoms with E-state index in [4.69, 9.17) is 4.98 Å². The van der Waals surface area contributed by atoms with Gasteiger partial charge in [0.2, 0.25) is 0 Å². The molecule has 4 nitrogen and oxygen atoms in total. The molecule has 8 aromatic rings. The Labute approximate surface area is 265 Å². The Morgan fingerprint density at radius 2 is 1.42 bits per heavy atom. The molecule has 0 amide bonds. The minimum Gasteiger partial charge on any atom is -0.308 e. The van der Waals surface area contributed by atoms with Gasteiger partial charge in [-0.25, -0.2) is 0 Å². The zero-order valence-electron chi connectivity index (χ0n) is 24.7. The molecule has 5 heterocycles. The first-order valence-electron chi connectivity index (χ1n) is 14.9. The van der Waals surface area contributed by atoms with Crippen LogP contribution >= 0.6 is 11.3 Å². The van der Waals surface area contributed by atoms with Gasteiger partial charge in [0.15, 0.2) is 0 Å². The van der Waals surface area contributed by atoms with Crippen molar-refractivity contribution in [3.63, 3.8) is 0 Å². The van der Waals surface area contributed by atoms with E-state index in [1.54, 1.807) is 0 Å². The molecular formula is C40H28N4S. The molecule has 0 atom stereocenters. The first-order valence-corrected chi connectivity index (χ1v) is 15.7. The number of hydrogen-bond donors (Lipinski definition) is 0. The first kappa shape index (κ1) is 26.9. The Balaban J connectivity index is 1.49. The van der Waals surface area contributed by atoms with Crippen LogP contribution in [0.25, 0.3) is 75.6 Å². The Morgan fingerprint density at radius 1 is 0.711 bits per heavy atom. The maximum atomic E-state index is 5.12. The third-order valence-electron chi connectivity index (χ3n) is 8.32. The van der Waals surface area contributed by atoms with E-state index in [2.05, 4.69) is 112 Å². The molecule has 0 radical (unpaired) electrons. The van der Waals surface area contributed by atoms with Gasteiger partial charge >= 0.3 is 0 Å². The lowest BCUT2D eigenvalue weighted by Crippen LogP contribution is -1.97. The molecule has 5 heteroatoms. The number of benzene rings is 3. The second-order valence-corrected chi connectivity index (χ2v) is 12.1. The molecule has 0 saturated carbocycles. The van der Waals surface area contributed by atoms with Crippen LogP contribution in [0.5, 0.6) is 0 Å². The highest BCUT2D eigenvalue weighted by atomic mass is 32.1.